The van der Waals surface area contributed by atoms with Crippen LogP contribution in [-0.2, 0) is 4.74 Å². The topological polar surface area (TPSA) is 45.7 Å². The van der Waals surface area contributed by atoms with Crippen LogP contribution in [0.25, 0.3) is 0 Å². The first kappa shape index (κ1) is 13.7. The number of nitrogens with one attached hydrogen (secondary N) is 2. The van der Waals surface area contributed by atoms with E-state index in [1.165, 1.54) is 12.8 Å². The van der Waals surface area contributed by atoms with Crippen LogP contribution in [0.4, 0.5) is 0 Å². The van der Waals surface area contributed by atoms with Gasteiger partial charge in [0.05, 0.1) is 5.60 Å². The Morgan fingerprint density at radius 2 is 2.00 bits per heavy atom. The molecule has 0 aliphatic heterocycles. The molecule has 104 valence electrons. The molecule has 0 aromatic heterocycles. The highest BCUT2D eigenvalue weighted by Gasteiger charge is 2.58. The van der Waals surface area contributed by atoms with Gasteiger partial charge in [0.1, 0.15) is 0 Å². The van der Waals surface area contributed by atoms with Crippen molar-refractivity contribution in [1.82, 2.24) is 10.6 Å². The number of nitrogens with zero attached hydrogens (tertiary/aromatic N) is 1. The van der Waals surface area contributed by atoms with Crippen LogP contribution < -0.4 is 10.6 Å². The minimum absolute atomic E-state index is 0.0278. The third-order valence-electron chi connectivity index (χ3n) is 5.07. The third-order valence-corrected chi connectivity index (χ3v) is 5.07. The zero-order chi connectivity index (χ0) is 13.4. The van der Waals surface area contributed by atoms with E-state index >= 15 is 0 Å². The van der Waals surface area contributed by atoms with Crippen molar-refractivity contribution in [3.05, 3.63) is 0 Å². The minimum Gasteiger partial charge on any atom is -0.378 e. The molecule has 4 nitrogen and oxygen atoms in total. The van der Waals surface area contributed by atoms with Gasteiger partial charge in [-0.3, -0.25) is 4.99 Å². The third kappa shape index (κ3) is 2.35. The average molecular weight is 253 g/mol. The van der Waals surface area contributed by atoms with Crippen molar-refractivity contribution in [2.24, 2.45) is 16.3 Å². The lowest BCUT2D eigenvalue weighted by atomic mass is 9.56. The molecule has 0 saturated heterocycles. The summed E-state index contributed by atoms with van der Waals surface area (Å²) in [5.74, 6) is 1.79. The van der Waals surface area contributed by atoms with E-state index in [-0.39, 0.29) is 11.0 Å². The lowest BCUT2D eigenvalue weighted by molar-refractivity contribution is -0.176. The highest BCUT2D eigenvalue weighted by Crippen LogP contribution is 2.51. The van der Waals surface area contributed by atoms with Crippen LogP contribution in [0, 0.1) is 11.3 Å². The van der Waals surface area contributed by atoms with Crippen LogP contribution in [0.1, 0.15) is 40.0 Å². The van der Waals surface area contributed by atoms with Crippen molar-refractivity contribution in [2.45, 2.75) is 51.7 Å². The molecule has 4 heteroatoms. The van der Waals surface area contributed by atoms with E-state index in [9.17, 15) is 0 Å². The molecule has 2 rings (SSSR count). The number of ether oxygens (including phenoxy) is 1. The first-order chi connectivity index (χ1) is 8.43. The van der Waals surface area contributed by atoms with E-state index in [1.807, 2.05) is 7.05 Å². The second-order valence-electron chi connectivity index (χ2n) is 6.45. The molecule has 18 heavy (non-hydrogen) atoms. The molecule has 2 atom stereocenters. The molecule has 0 bridgehead atoms. The quantitative estimate of drug-likeness (QED) is 0.593. The SMILES string of the molecule is CN=C(NCC1CC1)NC1CC(C)(OC)C1(C)C. The van der Waals surface area contributed by atoms with Crippen molar-refractivity contribution in [3.8, 4) is 0 Å². The summed E-state index contributed by atoms with van der Waals surface area (Å²) in [5, 5.41) is 6.94. The summed E-state index contributed by atoms with van der Waals surface area (Å²) in [4.78, 5) is 4.30. The maximum Gasteiger partial charge on any atom is 0.191 e. The fourth-order valence-electron chi connectivity index (χ4n) is 2.65. The van der Waals surface area contributed by atoms with Gasteiger partial charge in [0.2, 0.25) is 0 Å². The van der Waals surface area contributed by atoms with Gasteiger partial charge < -0.3 is 15.4 Å². The van der Waals surface area contributed by atoms with Crippen molar-refractivity contribution in [2.75, 3.05) is 20.7 Å². The van der Waals surface area contributed by atoms with Gasteiger partial charge in [0.15, 0.2) is 5.96 Å². The molecule has 2 unspecified atom stereocenters. The summed E-state index contributed by atoms with van der Waals surface area (Å²) in [5.41, 5.74) is 0.0962. The zero-order valence-electron chi connectivity index (χ0n) is 12.3. The molecule has 2 fully saturated rings. The largest absolute Gasteiger partial charge is 0.378 e. The first-order valence-electron chi connectivity index (χ1n) is 6.95. The molecular weight excluding hydrogens is 226 g/mol. The maximum atomic E-state index is 5.64. The summed E-state index contributed by atoms with van der Waals surface area (Å²) < 4.78 is 5.64. The van der Waals surface area contributed by atoms with Gasteiger partial charge in [-0.05, 0) is 32.1 Å². The number of aliphatic imine (C=N–C) groups is 1. The molecule has 2 aliphatic rings. The van der Waals surface area contributed by atoms with Crippen LogP contribution in [0.15, 0.2) is 4.99 Å². The van der Waals surface area contributed by atoms with E-state index in [4.69, 9.17) is 4.74 Å². The summed E-state index contributed by atoms with van der Waals surface area (Å²) in [6.45, 7) is 7.75. The monoisotopic (exact) mass is 253 g/mol. The fraction of sp³-hybridized carbons (Fsp3) is 0.929. The Kier molecular flexibility index (Phi) is 3.58. The molecular formula is C14H27N3O. The van der Waals surface area contributed by atoms with E-state index in [0.717, 1.165) is 24.8 Å². The maximum absolute atomic E-state index is 5.64. The second-order valence-corrected chi connectivity index (χ2v) is 6.45. The van der Waals surface area contributed by atoms with Gasteiger partial charge in [-0.1, -0.05) is 13.8 Å². The lowest BCUT2D eigenvalue weighted by Gasteiger charge is -2.59. The normalized spacial score (nSPS) is 34.9. The van der Waals surface area contributed by atoms with Crippen LogP contribution in [0.3, 0.4) is 0 Å². The van der Waals surface area contributed by atoms with E-state index in [1.54, 1.807) is 7.11 Å². The average Bonchev–Trinajstić information content (AvgIpc) is 3.16. The zero-order valence-corrected chi connectivity index (χ0v) is 12.3. The first-order valence-corrected chi connectivity index (χ1v) is 6.95. The standard InChI is InChI=1S/C14H27N3O/c1-13(2)11(8-14(13,3)18-5)17-12(15-4)16-9-10-6-7-10/h10-11H,6-9H2,1-5H3,(H2,15,16,17). The Morgan fingerprint density at radius 1 is 1.33 bits per heavy atom. The second kappa shape index (κ2) is 4.72. The Bertz CT molecular complexity index is 336. The number of hydrogen-bond acceptors (Lipinski definition) is 2. The van der Waals surface area contributed by atoms with E-state index < -0.39 is 0 Å². The fourth-order valence-corrected chi connectivity index (χ4v) is 2.65. The molecule has 2 N–H and O–H groups in total. The van der Waals surface area contributed by atoms with Crippen LogP contribution >= 0.6 is 0 Å². The van der Waals surface area contributed by atoms with Crippen molar-refractivity contribution >= 4 is 5.96 Å². The van der Waals surface area contributed by atoms with Gasteiger partial charge in [-0.2, -0.15) is 0 Å². The number of methoxy groups -OCH3 is 1. The summed E-state index contributed by atoms with van der Waals surface area (Å²) in [7, 11) is 3.64. The molecule has 0 amide bonds. The summed E-state index contributed by atoms with van der Waals surface area (Å²) >= 11 is 0. The number of rotatable bonds is 4. The predicted molar refractivity (Wildman–Crippen MR) is 74.8 cm³/mol. The minimum atomic E-state index is -0.0278. The highest BCUT2D eigenvalue weighted by atomic mass is 16.5. The van der Waals surface area contributed by atoms with Gasteiger partial charge in [-0.15, -0.1) is 0 Å². The molecule has 0 aromatic carbocycles. The molecule has 0 radical (unpaired) electrons. The Balaban J connectivity index is 1.85. The smallest absolute Gasteiger partial charge is 0.191 e. The Labute approximate surface area is 111 Å². The predicted octanol–water partition coefficient (Wildman–Crippen LogP) is 1.76. The molecule has 0 aromatic rings. The molecule has 2 saturated carbocycles. The molecule has 0 spiro atoms. The highest BCUT2D eigenvalue weighted by molar-refractivity contribution is 5.80. The van der Waals surface area contributed by atoms with Crippen molar-refractivity contribution in [3.63, 3.8) is 0 Å². The van der Waals surface area contributed by atoms with Crippen LogP contribution in [0.5, 0.6) is 0 Å². The van der Waals surface area contributed by atoms with Crippen molar-refractivity contribution < 1.29 is 4.74 Å². The summed E-state index contributed by atoms with van der Waals surface area (Å²) in [6, 6.07) is 0.424. The molecule has 2 aliphatic carbocycles. The van der Waals surface area contributed by atoms with Gasteiger partial charge in [0.25, 0.3) is 0 Å². The van der Waals surface area contributed by atoms with Crippen molar-refractivity contribution in [1.29, 1.82) is 0 Å². The number of guanidine groups is 1. The van der Waals surface area contributed by atoms with Gasteiger partial charge in [-0.25, -0.2) is 0 Å². The number of hydrogen-bond donors (Lipinski definition) is 2. The van der Waals surface area contributed by atoms with Gasteiger partial charge in [0, 0.05) is 32.2 Å². The molecule has 0 heterocycles. The van der Waals surface area contributed by atoms with Crippen LogP contribution in [-0.4, -0.2) is 38.3 Å². The van der Waals surface area contributed by atoms with Crippen LogP contribution in [0.2, 0.25) is 0 Å². The van der Waals surface area contributed by atoms with Gasteiger partial charge >= 0.3 is 0 Å². The van der Waals surface area contributed by atoms with E-state index in [2.05, 4.69) is 36.4 Å². The summed E-state index contributed by atoms with van der Waals surface area (Å²) in [6.07, 6.45) is 3.75. The lowest BCUT2D eigenvalue weighted by Crippen LogP contribution is -2.69. The Morgan fingerprint density at radius 3 is 2.44 bits per heavy atom. The Hall–Kier alpha value is -0.770. The van der Waals surface area contributed by atoms with E-state index in [0.29, 0.717) is 6.04 Å².